The summed E-state index contributed by atoms with van der Waals surface area (Å²) in [5.41, 5.74) is 7.62. The van der Waals surface area contributed by atoms with Gasteiger partial charge in [-0.3, -0.25) is 4.79 Å². The molecule has 0 heterocycles. The fraction of sp³-hybridized carbons (Fsp3) is 0.650. The highest BCUT2D eigenvalue weighted by Gasteiger charge is 2.62. The molecule has 3 unspecified atom stereocenters. The van der Waals surface area contributed by atoms with Crippen LogP contribution in [0.2, 0.25) is 0 Å². The molecule has 0 aliphatic heterocycles. The molecule has 25 heavy (non-hydrogen) atoms. The summed E-state index contributed by atoms with van der Waals surface area (Å²) in [7, 11) is 4.04. The summed E-state index contributed by atoms with van der Waals surface area (Å²) < 4.78 is 5.71. The Morgan fingerprint density at radius 1 is 1.36 bits per heavy atom. The molecule has 1 aromatic carbocycles. The number of rotatable bonds is 7. The lowest BCUT2D eigenvalue weighted by Gasteiger charge is -2.57. The maximum Gasteiger partial charge on any atom is 0.240 e. The second-order valence-corrected chi connectivity index (χ2v) is 7.94. The number of hydrogen-bond donors (Lipinski definition) is 2. The Morgan fingerprint density at radius 3 is 2.44 bits per heavy atom. The minimum absolute atomic E-state index is 0.0370. The molecular weight excluding hydrogens is 314 g/mol. The maximum atomic E-state index is 12.8. The predicted octanol–water partition coefficient (Wildman–Crippen LogP) is 2.25. The van der Waals surface area contributed by atoms with Crippen LogP contribution in [-0.4, -0.2) is 49.7 Å². The van der Waals surface area contributed by atoms with Crippen molar-refractivity contribution in [2.75, 3.05) is 27.2 Å². The number of likely N-dealkylation sites (N-methyl/N-ethyl adjacent to an activating group) is 1. The van der Waals surface area contributed by atoms with Gasteiger partial charge in [-0.1, -0.05) is 43.7 Å². The SMILES string of the molecule is CCOC1CC(N)(C(=O)NCC(c2ccc(C)cc2)N(C)C)C1(C)C. The van der Waals surface area contributed by atoms with Gasteiger partial charge in [0.2, 0.25) is 5.91 Å². The van der Waals surface area contributed by atoms with Crippen LogP contribution < -0.4 is 11.1 Å². The number of benzene rings is 1. The minimum Gasteiger partial charge on any atom is -0.378 e. The largest absolute Gasteiger partial charge is 0.378 e. The number of nitrogens with one attached hydrogen (secondary N) is 1. The van der Waals surface area contributed by atoms with E-state index in [1.807, 2.05) is 34.9 Å². The van der Waals surface area contributed by atoms with Crippen LogP contribution >= 0.6 is 0 Å². The third-order valence-electron chi connectivity index (χ3n) is 5.78. The summed E-state index contributed by atoms with van der Waals surface area (Å²) in [4.78, 5) is 14.9. The van der Waals surface area contributed by atoms with Crippen molar-refractivity contribution < 1.29 is 9.53 Å². The Labute approximate surface area is 151 Å². The molecule has 1 saturated carbocycles. The Hall–Kier alpha value is -1.43. The molecule has 3 N–H and O–H groups in total. The van der Waals surface area contributed by atoms with Crippen LogP contribution in [0.5, 0.6) is 0 Å². The Morgan fingerprint density at radius 2 is 1.96 bits per heavy atom. The van der Waals surface area contributed by atoms with E-state index in [-0.39, 0.29) is 23.5 Å². The molecule has 3 atom stereocenters. The molecule has 0 spiro atoms. The van der Waals surface area contributed by atoms with Gasteiger partial charge in [-0.05, 0) is 33.5 Å². The van der Waals surface area contributed by atoms with Crippen LogP contribution in [0.4, 0.5) is 0 Å². The zero-order valence-corrected chi connectivity index (χ0v) is 16.4. The van der Waals surface area contributed by atoms with Gasteiger partial charge in [0.1, 0.15) is 5.54 Å². The number of nitrogens with two attached hydrogens (primary N) is 1. The molecule has 5 nitrogen and oxygen atoms in total. The molecule has 140 valence electrons. The number of ether oxygens (including phenoxy) is 1. The van der Waals surface area contributed by atoms with Gasteiger partial charge in [-0.2, -0.15) is 0 Å². The van der Waals surface area contributed by atoms with E-state index in [1.54, 1.807) is 0 Å². The second-order valence-electron chi connectivity index (χ2n) is 7.94. The Kier molecular flexibility index (Phi) is 5.92. The van der Waals surface area contributed by atoms with E-state index in [2.05, 4.69) is 41.4 Å². The normalized spacial score (nSPS) is 26.2. The van der Waals surface area contributed by atoms with Crippen LogP contribution in [0, 0.1) is 12.3 Å². The first-order valence-electron chi connectivity index (χ1n) is 9.05. The van der Waals surface area contributed by atoms with Crippen molar-refractivity contribution in [3.05, 3.63) is 35.4 Å². The second kappa shape index (κ2) is 7.44. The minimum atomic E-state index is -0.878. The van der Waals surface area contributed by atoms with E-state index in [0.717, 1.165) is 0 Å². The molecular formula is C20H33N3O2. The van der Waals surface area contributed by atoms with Gasteiger partial charge in [0.05, 0.1) is 12.1 Å². The molecule has 1 amide bonds. The molecule has 1 aliphatic carbocycles. The summed E-state index contributed by atoms with van der Waals surface area (Å²) in [6, 6.07) is 8.53. The summed E-state index contributed by atoms with van der Waals surface area (Å²) in [5, 5.41) is 3.08. The molecule has 2 rings (SSSR count). The first kappa shape index (κ1) is 19.9. The van der Waals surface area contributed by atoms with Gasteiger partial charge in [0, 0.05) is 25.0 Å². The van der Waals surface area contributed by atoms with E-state index in [9.17, 15) is 4.79 Å². The summed E-state index contributed by atoms with van der Waals surface area (Å²) >= 11 is 0. The number of carbonyl (C=O) groups is 1. The van der Waals surface area contributed by atoms with Crippen molar-refractivity contribution in [1.82, 2.24) is 10.2 Å². The van der Waals surface area contributed by atoms with Crippen LogP contribution in [-0.2, 0) is 9.53 Å². The van der Waals surface area contributed by atoms with Gasteiger partial charge in [0.15, 0.2) is 0 Å². The highest BCUT2D eigenvalue weighted by atomic mass is 16.5. The smallest absolute Gasteiger partial charge is 0.240 e. The molecule has 5 heteroatoms. The van der Waals surface area contributed by atoms with Gasteiger partial charge in [0.25, 0.3) is 0 Å². The van der Waals surface area contributed by atoms with E-state index in [1.165, 1.54) is 11.1 Å². The van der Waals surface area contributed by atoms with Gasteiger partial charge in [-0.25, -0.2) is 0 Å². The van der Waals surface area contributed by atoms with E-state index < -0.39 is 5.54 Å². The van der Waals surface area contributed by atoms with Crippen LogP contribution in [0.3, 0.4) is 0 Å². The first-order chi connectivity index (χ1) is 11.6. The number of nitrogens with zero attached hydrogens (tertiary/aromatic N) is 1. The van der Waals surface area contributed by atoms with Crippen molar-refractivity contribution in [1.29, 1.82) is 0 Å². The number of amides is 1. The Bertz CT molecular complexity index is 597. The van der Waals surface area contributed by atoms with Crippen LogP contribution in [0.15, 0.2) is 24.3 Å². The van der Waals surface area contributed by atoms with Gasteiger partial charge < -0.3 is 20.7 Å². The summed E-state index contributed by atoms with van der Waals surface area (Å²) in [6.07, 6.45) is 0.603. The average Bonchev–Trinajstić information content (AvgIpc) is 2.55. The van der Waals surface area contributed by atoms with Crippen molar-refractivity contribution in [2.45, 2.75) is 51.8 Å². The van der Waals surface area contributed by atoms with Gasteiger partial charge in [-0.15, -0.1) is 0 Å². The zero-order valence-electron chi connectivity index (χ0n) is 16.4. The number of aryl methyl sites for hydroxylation is 1. The maximum absolute atomic E-state index is 12.8. The topological polar surface area (TPSA) is 67.6 Å². The zero-order chi connectivity index (χ0) is 18.8. The monoisotopic (exact) mass is 347 g/mol. The third kappa shape index (κ3) is 3.73. The predicted molar refractivity (Wildman–Crippen MR) is 101 cm³/mol. The van der Waals surface area contributed by atoms with Crippen molar-refractivity contribution in [3.63, 3.8) is 0 Å². The quantitative estimate of drug-likeness (QED) is 0.794. The first-order valence-corrected chi connectivity index (χ1v) is 9.05. The summed E-state index contributed by atoms with van der Waals surface area (Å²) in [6.45, 7) is 9.24. The van der Waals surface area contributed by atoms with E-state index in [4.69, 9.17) is 10.5 Å². The average molecular weight is 348 g/mol. The van der Waals surface area contributed by atoms with E-state index >= 15 is 0 Å². The van der Waals surface area contributed by atoms with Crippen LogP contribution in [0.25, 0.3) is 0 Å². The number of hydrogen-bond acceptors (Lipinski definition) is 4. The third-order valence-corrected chi connectivity index (χ3v) is 5.78. The van der Waals surface area contributed by atoms with Crippen molar-refractivity contribution >= 4 is 5.91 Å². The Balaban J connectivity index is 2.03. The molecule has 0 bridgehead atoms. The number of carbonyl (C=O) groups excluding carboxylic acids is 1. The van der Waals surface area contributed by atoms with Gasteiger partial charge >= 0.3 is 0 Å². The molecule has 0 saturated heterocycles. The molecule has 1 aromatic rings. The standard InChI is InChI=1S/C20H33N3O2/c1-7-25-17-12-20(21,19(17,3)4)18(24)22-13-16(23(5)6)15-10-8-14(2)9-11-15/h8-11,16-17H,7,12-13,21H2,1-6H3,(H,22,24). The summed E-state index contributed by atoms with van der Waals surface area (Å²) in [5.74, 6) is -0.0904. The lowest BCUT2D eigenvalue weighted by Crippen LogP contribution is -2.76. The fourth-order valence-corrected chi connectivity index (χ4v) is 3.55. The lowest BCUT2D eigenvalue weighted by atomic mass is 9.54. The van der Waals surface area contributed by atoms with E-state index in [0.29, 0.717) is 19.6 Å². The molecule has 0 radical (unpaired) electrons. The molecule has 1 aliphatic rings. The lowest BCUT2D eigenvalue weighted by molar-refractivity contribution is -0.170. The van der Waals surface area contributed by atoms with Crippen molar-refractivity contribution in [2.24, 2.45) is 11.1 Å². The molecule has 0 aromatic heterocycles. The highest BCUT2D eigenvalue weighted by molar-refractivity contribution is 5.88. The highest BCUT2D eigenvalue weighted by Crippen LogP contribution is 2.49. The molecule has 1 fully saturated rings. The van der Waals surface area contributed by atoms with Crippen molar-refractivity contribution in [3.8, 4) is 0 Å². The van der Waals surface area contributed by atoms with Crippen LogP contribution in [0.1, 0.15) is 44.4 Å². The fourth-order valence-electron chi connectivity index (χ4n) is 3.55.